The van der Waals surface area contributed by atoms with Crippen LogP contribution in [0.1, 0.15) is 71.1 Å². The molecule has 0 unspecified atom stereocenters. The molecule has 0 aromatic heterocycles. The summed E-state index contributed by atoms with van der Waals surface area (Å²) < 4.78 is 0. The van der Waals surface area contributed by atoms with E-state index in [2.05, 4.69) is 20.1 Å². The van der Waals surface area contributed by atoms with Crippen molar-refractivity contribution in [3.8, 4) is 0 Å². The monoisotopic (exact) mass is 256 g/mol. The molecule has 0 saturated carbocycles. The van der Waals surface area contributed by atoms with Gasteiger partial charge in [-0.05, 0) is 32.1 Å². The average molecular weight is 257 g/mol. The first-order valence-electron chi connectivity index (χ1n) is 7.10. The molecule has 0 heterocycles. The zero-order chi connectivity index (χ0) is 12.9. The largest absolute Gasteiger partial charge is 0.127 e. The first kappa shape index (κ1) is 16.8. The van der Waals surface area contributed by atoms with Gasteiger partial charge in [0, 0.05) is 5.88 Å². The Balaban J connectivity index is 3.30. The Bertz CT molecular complexity index is 206. The molecule has 0 amide bonds. The fourth-order valence-electron chi connectivity index (χ4n) is 2.06. The molecule has 0 nitrogen and oxygen atoms in total. The molecule has 1 heteroatoms. The van der Waals surface area contributed by atoms with Crippen LogP contribution in [0.25, 0.3) is 0 Å². The summed E-state index contributed by atoms with van der Waals surface area (Å²) in [5.41, 5.74) is 2.71. The maximum absolute atomic E-state index is 5.64. The summed E-state index contributed by atoms with van der Waals surface area (Å²) >= 11 is 5.64. The van der Waals surface area contributed by atoms with Gasteiger partial charge in [-0.3, -0.25) is 0 Å². The lowest BCUT2D eigenvalue weighted by Gasteiger charge is -2.07. The summed E-state index contributed by atoms with van der Waals surface area (Å²) in [5.74, 6) is 0.816. The van der Waals surface area contributed by atoms with E-state index in [-0.39, 0.29) is 0 Å². The molecule has 0 N–H and O–H groups in total. The summed E-state index contributed by atoms with van der Waals surface area (Å²) in [7, 11) is 0. The van der Waals surface area contributed by atoms with Crippen LogP contribution in [0.5, 0.6) is 0 Å². The Morgan fingerprint density at radius 2 is 1.35 bits per heavy atom. The second kappa shape index (κ2) is 12.2. The van der Waals surface area contributed by atoms with Gasteiger partial charge in [-0.1, -0.05) is 63.3 Å². The molecule has 0 atom stereocenters. The van der Waals surface area contributed by atoms with Crippen LogP contribution in [-0.4, -0.2) is 5.88 Å². The van der Waals surface area contributed by atoms with Crippen molar-refractivity contribution in [3.05, 3.63) is 24.3 Å². The van der Waals surface area contributed by atoms with Gasteiger partial charge in [0.2, 0.25) is 0 Å². The molecule has 0 radical (unpaired) electrons. The number of alkyl halides is 1. The van der Waals surface area contributed by atoms with E-state index >= 15 is 0 Å². The molecule has 0 saturated heterocycles. The molecule has 0 aliphatic heterocycles. The molecule has 0 bridgehead atoms. The highest BCUT2D eigenvalue weighted by atomic mass is 35.5. The number of hydrogen-bond acceptors (Lipinski definition) is 0. The molecule has 0 aliphatic carbocycles. The predicted octanol–water partition coefficient (Wildman–Crippen LogP) is 6.26. The Morgan fingerprint density at radius 1 is 0.824 bits per heavy atom. The van der Waals surface area contributed by atoms with Crippen molar-refractivity contribution >= 4 is 11.6 Å². The summed E-state index contributed by atoms with van der Waals surface area (Å²) in [6.07, 6.45) is 12.3. The van der Waals surface area contributed by atoms with Crippen molar-refractivity contribution in [2.75, 3.05) is 5.88 Å². The lowest BCUT2D eigenvalue weighted by molar-refractivity contribution is 0.605. The van der Waals surface area contributed by atoms with E-state index in [0.29, 0.717) is 0 Å². The van der Waals surface area contributed by atoms with Crippen LogP contribution in [0.15, 0.2) is 24.3 Å². The highest BCUT2D eigenvalue weighted by Gasteiger charge is 1.98. The summed E-state index contributed by atoms with van der Waals surface area (Å²) in [6, 6.07) is 0. The maximum Gasteiger partial charge on any atom is 0.0223 e. The third kappa shape index (κ3) is 12.0. The average Bonchev–Trinajstić information content (AvgIpc) is 2.28. The molecule has 0 fully saturated rings. The first-order valence-corrected chi connectivity index (χ1v) is 7.63. The van der Waals surface area contributed by atoms with E-state index in [1.54, 1.807) is 0 Å². The molecular weight excluding hydrogens is 228 g/mol. The maximum atomic E-state index is 5.64. The van der Waals surface area contributed by atoms with Crippen LogP contribution >= 0.6 is 11.6 Å². The third-order valence-corrected chi connectivity index (χ3v) is 3.28. The van der Waals surface area contributed by atoms with Gasteiger partial charge in [0.05, 0.1) is 0 Å². The Kier molecular flexibility index (Phi) is 12.1. The van der Waals surface area contributed by atoms with Crippen molar-refractivity contribution < 1.29 is 0 Å². The quantitative estimate of drug-likeness (QED) is 0.220. The second-order valence-corrected chi connectivity index (χ2v) is 5.37. The van der Waals surface area contributed by atoms with E-state index in [1.165, 1.54) is 62.5 Å². The normalized spacial score (nSPS) is 10.5. The molecule has 0 aliphatic rings. The van der Waals surface area contributed by atoms with Gasteiger partial charge >= 0.3 is 0 Å². The Labute approximate surface area is 113 Å². The van der Waals surface area contributed by atoms with Crippen LogP contribution in [0.3, 0.4) is 0 Å². The summed E-state index contributed by atoms with van der Waals surface area (Å²) in [6.45, 7) is 10.4. The number of halogens is 1. The number of unbranched alkanes of at least 4 members (excludes halogenated alkanes) is 5. The standard InChI is InChI=1S/C16H29Cl/c1-4-11-15(2)14-16(3)12-9-7-5-6-8-10-13-17/h2-14H2,1H3. The van der Waals surface area contributed by atoms with Crippen LogP contribution in [0, 0.1) is 0 Å². The lowest BCUT2D eigenvalue weighted by atomic mass is 9.99. The highest BCUT2D eigenvalue weighted by Crippen LogP contribution is 2.18. The van der Waals surface area contributed by atoms with Crippen molar-refractivity contribution in [3.63, 3.8) is 0 Å². The van der Waals surface area contributed by atoms with Gasteiger partial charge in [-0.15, -0.1) is 11.6 Å². The molecule has 0 aromatic rings. The molecular formula is C16H29Cl. The van der Waals surface area contributed by atoms with Crippen LogP contribution in [-0.2, 0) is 0 Å². The Morgan fingerprint density at radius 3 is 1.94 bits per heavy atom. The molecule has 17 heavy (non-hydrogen) atoms. The van der Waals surface area contributed by atoms with E-state index in [1.807, 2.05) is 0 Å². The molecule has 0 rings (SSSR count). The van der Waals surface area contributed by atoms with Crippen molar-refractivity contribution in [1.29, 1.82) is 0 Å². The van der Waals surface area contributed by atoms with Crippen LogP contribution in [0.4, 0.5) is 0 Å². The van der Waals surface area contributed by atoms with Gasteiger partial charge in [0.15, 0.2) is 0 Å². The van der Waals surface area contributed by atoms with Crippen LogP contribution in [0.2, 0.25) is 0 Å². The van der Waals surface area contributed by atoms with Gasteiger partial charge < -0.3 is 0 Å². The molecule has 100 valence electrons. The van der Waals surface area contributed by atoms with Crippen molar-refractivity contribution in [2.24, 2.45) is 0 Å². The number of rotatable bonds is 12. The highest BCUT2D eigenvalue weighted by molar-refractivity contribution is 6.17. The smallest absolute Gasteiger partial charge is 0.0223 e. The summed E-state index contributed by atoms with van der Waals surface area (Å²) in [4.78, 5) is 0. The predicted molar refractivity (Wildman–Crippen MR) is 80.8 cm³/mol. The van der Waals surface area contributed by atoms with Crippen molar-refractivity contribution in [1.82, 2.24) is 0 Å². The number of allylic oxidation sites excluding steroid dienone is 2. The van der Waals surface area contributed by atoms with Gasteiger partial charge in [-0.2, -0.15) is 0 Å². The topological polar surface area (TPSA) is 0 Å². The zero-order valence-corrected chi connectivity index (χ0v) is 12.3. The third-order valence-electron chi connectivity index (χ3n) is 3.02. The fraction of sp³-hybridized carbons (Fsp3) is 0.750. The van der Waals surface area contributed by atoms with Gasteiger partial charge in [-0.25, -0.2) is 0 Å². The first-order chi connectivity index (χ1) is 8.20. The van der Waals surface area contributed by atoms with E-state index in [9.17, 15) is 0 Å². The summed E-state index contributed by atoms with van der Waals surface area (Å²) in [5, 5.41) is 0. The second-order valence-electron chi connectivity index (χ2n) is 4.99. The van der Waals surface area contributed by atoms with E-state index < -0.39 is 0 Å². The van der Waals surface area contributed by atoms with Crippen molar-refractivity contribution in [2.45, 2.75) is 71.1 Å². The van der Waals surface area contributed by atoms with E-state index in [4.69, 9.17) is 11.6 Å². The van der Waals surface area contributed by atoms with Gasteiger partial charge in [0.1, 0.15) is 0 Å². The van der Waals surface area contributed by atoms with Crippen LogP contribution < -0.4 is 0 Å². The minimum absolute atomic E-state index is 0.816. The molecule has 0 spiro atoms. The zero-order valence-electron chi connectivity index (χ0n) is 11.6. The Hall–Kier alpha value is -0.230. The minimum Gasteiger partial charge on any atom is -0.127 e. The van der Waals surface area contributed by atoms with Gasteiger partial charge in [0.25, 0.3) is 0 Å². The number of hydrogen-bond donors (Lipinski definition) is 0. The SMILES string of the molecule is C=C(CCC)CC(=C)CCCCCCCCCl. The fourth-order valence-corrected chi connectivity index (χ4v) is 2.25. The lowest BCUT2D eigenvalue weighted by Crippen LogP contribution is -1.88. The minimum atomic E-state index is 0.816. The molecule has 0 aromatic carbocycles. The van der Waals surface area contributed by atoms with E-state index in [0.717, 1.165) is 18.7 Å².